The molecule has 0 atom stereocenters. The van der Waals surface area contributed by atoms with Crippen LogP contribution in [0.3, 0.4) is 0 Å². The van der Waals surface area contributed by atoms with Crippen molar-refractivity contribution < 1.29 is 0 Å². The van der Waals surface area contributed by atoms with Gasteiger partial charge in [-0.2, -0.15) is 0 Å². The average Bonchev–Trinajstić information content (AvgIpc) is 4.19. The van der Waals surface area contributed by atoms with Crippen LogP contribution in [-0.4, -0.2) is 0 Å². The summed E-state index contributed by atoms with van der Waals surface area (Å²) in [4.78, 5) is 20.6. The van der Waals surface area contributed by atoms with Crippen molar-refractivity contribution in [1.29, 1.82) is 0 Å². The Morgan fingerprint density at radius 2 is 0.582 bits per heavy atom. The van der Waals surface area contributed by atoms with Gasteiger partial charge < -0.3 is 0 Å². The summed E-state index contributed by atoms with van der Waals surface area (Å²) in [6.07, 6.45) is 29.4. The molecule has 0 N–H and O–H groups in total. The van der Waals surface area contributed by atoms with Crippen LogP contribution in [0.15, 0.2) is 83.6 Å². The van der Waals surface area contributed by atoms with Crippen LogP contribution >= 0.6 is 90.7 Å². The smallest absolute Gasteiger partial charge is 0.0477 e. The van der Waals surface area contributed by atoms with E-state index in [1.807, 2.05) is 68.0 Å². The first-order valence-electron chi connectivity index (χ1n) is 25.8. The Labute approximate surface area is 436 Å². The van der Waals surface area contributed by atoms with Crippen molar-refractivity contribution in [2.45, 2.75) is 175 Å². The second-order valence-electron chi connectivity index (χ2n) is 18.4. The molecule has 0 saturated carbocycles. The van der Waals surface area contributed by atoms with Crippen molar-refractivity contribution in [3.05, 3.63) is 116 Å². The predicted molar refractivity (Wildman–Crippen MR) is 312 cm³/mol. The molecule has 0 bridgehead atoms. The van der Waals surface area contributed by atoms with Gasteiger partial charge in [-0.05, 0) is 176 Å². The molecule has 0 aromatic carbocycles. The van der Waals surface area contributed by atoms with Gasteiger partial charge in [0.15, 0.2) is 0 Å². The standard InChI is InChI=1S/C59H72S8/c1-5-9-13-17-22-42-36-38-60-56(42)52-32-28-48(64-52)50-30-34-54(66-50)58-44(24-19-15-11-7-3)40-46(62-58)26-21-27-47-41-45(25-20-16-12-8-4)59(63-47)55-35-31-51(67-55)49-29-33-53(65-49)57-43(37-39-61-57)23-18-14-10-6-2/h28-41H,5-27H2,1-4H3. The van der Waals surface area contributed by atoms with Gasteiger partial charge in [0.2, 0.25) is 0 Å². The minimum Gasteiger partial charge on any atom is -0.143 e. The Morgan fingerprint density at radius 1 is 0.269 bits per heavy atom. The van der Waals surface area contributed by atoms with Crippen molar-refractivity contribution in [3.63, 3.8) is 0 Å². The van der Waals surface area contributed by atoms with Crippen molar-refractivity contribution in [2.24, 2.45) is 0 Å². The number of hydrogen-bond acceptors (Lipinski definition) is 8. The second kappa shape index (κ2) is 26.7. The topological polar surface area (TPSA) is 0 Å². The highest BCUT2D eigenvalue weighted by atomic mass is 32.1. The molecular weight excluding hydrogens is 965 g/mol. The summed E-state index contributed by atoms with van der Waals surface area (Å²) in [5.74, 6) is 0. The number of rotatable bonds is 30. The first-order valence-corrected chi connectivity index (χ1v) is 32.5. The number of unbranched alkanes of at least 4 members (excludes halogenated alkanes) is 12. The van der Waals surface area contributed by atoms with Gasteiger partial charge in [0, 0.05) is 68.3 Å². The fraction of sp³-hybridized carbons (Fsp3) is 0.458. The summed E-state index contributed by atoms with van der Waals surface area (Å²) in [6.45, 7) is 9.25. The molecule has 0 aliphatic carbocycles. The molecule has 356 valence electrons. The zero-order valence-corrected chi connectivity index (χ0v) is 47.1. The fourth-order valence-electron chi connectivity index (χ4n) is 9.28. The summed E-state index contributed by atoms with van der Waals surface area (Å²) in [7, 11) is 0. The van der Waals surface area contributed by atoms with E-state index >= 15 is 0 Å². The summed E-state index contributed by atoms with van der Waals surface area (Å²) in [5.41, 5.74) is 6.25. The number of hydrogen-bond donors (Lipinski definition) is 0. The van der Waals surface area contributed by atoms with Crippen LogP contribution in [0, 0.1) is 0 Å². The normalized spacial score (nSPS) is 11.8. The fourth-order valence-corrected chi connectivity index (χ4v) is 18.5. The third-order valence-corrected chi connectivity index (χ3v) is 22.9. The SMILES string of the molecule is CCCCCCc1ccsc1-c1ccc(-c2ccc(-c3sc(CCCc4cc(CCCCCC)c(-c5ccc(-c6ccc(-c7sccc7CCCCCC)s6)s5)s4)cc3CCCCCC)s2)s1. The summed E-state index contributed by atoms with van der Waals surface area (Å²) in [5, 5.41) is 4.59. The molecule has 8 heterocycles. The Hall–Kier alpha value is -2.40. The first-order chi connectivity index (χ1) is 33.0. The minimum atomic E-state index is 1.16. The molecule has 8 aromatic rings. The van der Waals surface area contributed by atoms with Crippen LogP contribution in [0.5, 0.6) is 0 Å². The van der Waals surface area contributed by atoms with E-state index in [1.165, 1.54) is 193 Å². The average molecular weight is 1040 g/mol. The Kier molecular flexibility index (Phi) is 20.3. The van der Waals surface area contributed by atoms with Gasteiger partial charge in [-0.25, -0.2) is 0 Å². The van der Waals surface area contributed by atoms with Gasteiger partial charge in [-0.3, -0.25) is 0 Å². The lowest BCUT2D eigenvalue weighted by molar-refractivity contribution is 0.667. The molecule has 67 heavy (non-hydrogen) atoms. The Bertz CT molecular complexity index is 2470. The maximum absolute atomic E-state index is 2.60. The van der Waals surface area contributed by atoms with E-state index in [0.29, 0.717) is 0 Å². The van der Waals surface area contributed by atoms with Gasteiger partial charge in [-0.1, -0.05) is 105 Å². The van der Waals surface area contributed by atoms with Crippen LogP contribution in [0.1, 0.15) is 169 Å². The molecule has 8 rings (SSSR count). The molecule has 0 amide bonds. The van der Waals surface area contributed by atoms with Crippen LogP contribution in [0.2, 0.25) is 0 Å². The monoisotopic (exact) mass is 1040 g/mol. The molecule has 0 unspecified atom stereocenters. The first kappa shape index (κ1) is 51.0. The van der Waals surface area contributed by atoms with Crippen molar-refractivity contribution in [2.75, 3.05) is 0 Å². The van der Waals surface area contributed by atoms with Crippen LogP contribution in [-0.2, 0) is 38.5 Å². The molecule has 0 nitrogen and oxygen atoms in total. The van der Waals surface area contributed by atoms with Crippen molar-refractivity contribution >= 4 is 90.7 Å². The third-order valence-electron chi connectivity index (χ3n) is 13.1. The van der Waals surface area contributed by atoms with Crippen LogP contribution in [0.25, 0.3) is 58.5 Å². The van der Waals surface area contributed by atoms with Gasteiger partial charge in [0.05, 0.1) is 0 Å². The van der Waals surface area contributed by atoms with Gasteiger partial charge in [0.1, 0.15) is 0 Å². The molecule has 0 aliphatic rings. The predicted octanol–water partition coefficient (Wildman–Crippen LogP) is 22.8. The molecule has 0 spiro atoms. The quantitative estimate of drug-likeness (QED) is 0.0394. The number of thiophene rings is 8. The maximum atomic E-state index is 2.60. The van der Waals surface area contributed by atoms with E-state index in [4.69, 9.17) is 0 Å². The minimum absolute atomic E-state index is 1.16. The van der Waals surface area contributed by atoms with Crippen LogP contribution < -0.4 is 0 Å². The van der Waals surface area contributed by atoms with Gasteiger partial charge in [-0.15, -0.1) is 90.7 Å². The van der Waals surface area contributed by atoms with Crippen LogP contribution in [0.4, 0.5) is 0 Å². The van der Waals surface area contributed by atoms with E-state index in [2.05, 4.69) is 134 Å². The van der Waals surface area contributed by atoms with Gasteiger partial charge in [0.25, 0.3) is 0 Å². The van der Waals surface area contributed by atoms with Gasteiger partial charge >= 0.3 is 0 Å². The molecular formula is C59H72S8. The summed E-state index contributed by atoms with van der Waals surface area (Å²) in [6, 6.07) is 29.1. The lowest BCUT2D eigenvalue weighted by Gasteiger charge is -2.02. The lowest BCUT2D eigenvalue weighted by atomic mass is 10.0. The van der Waals surface area contributed by atoms with E-state index in [9.17, 15) is 0 Å². The number of aryl methyl sites for hydroxylation is 6. The van der Waals surface area contributed by atoms with E-state index in [0.717, 1.165) is 12.8 Å². The second-order valence-corrected chi connectivity index (χ2v) is 26.9. The molecule has 8 heteroatoms. The zero-order valence-electron chi connectivity index (χ0n) is 40.6. The molecule has 0 fully saturated rings. The highest BCUT2D eigenvalue weighted by Gasteiger charge is 2.19. The third kappa shape index (κ3) is 13.9. The largest absolute Gasteiger partial charge is 0.143 e. The Balaban J connectivity index is 0.945. The molecule has 0 saturated heterocycles. The highest BCUT2D eigenvalue weighted by molar-refractivity contribution is 7.29. The van der Waals surface area contributed by atoms with Crippen molar-refractivity contribution in [1.82, 2.24) is 0 Å². The summed E-state index contributed by atoms with van der Waals surface area (Å²) < 4.78 is 0. The zero-order chi connectivity index (χ0) is 46.2. The van der Waals surface area contributed by atoms with E-state index in [-0.39, 0.29) is 0 Å². The molecule has 0 radical (unpaired) electrons. The van der Waals surface area contributed by atoms with Crippen molar-refractivity contribution in [3.8, 4) is 58.5 Å². The van der Waals surface area contributed by atoms with E-state index in [1.54, 1.807) is 32.0 Å². The lowest BCUT2D eigenvalue weighted by Crippen LogP contribution is -1.87. The Morgan fingerprint density at radius 3 is 0.925 bits per heavy atom. The molecule has 0 aliphatic heterocycles. The highest BCUT2D eigenvalue weighted by Crippen LogP contribution is 2.47. The maximum Gasteiger partial charge on any atom is 0.0477 e. The molecule has 8 aromatic heterocycles. The summed E-state index contributed by atoms with van der Waals surface area (Å²) >= 11 is 16.0. The van der Waals surface area contributed by atoms with E-state index < -0.39 is 0 Å².